The number of ether oxygens (including phenoxy) is 1. The van der Waals surface area contributed by atoms with Crippen LogP contribution in [0.25, 0.3) is 0 Å². The highest BCUT2D eigenvalue weighted by Crippen LogP contribution is 2.20. The van der Waals surface area contributed by atoms with Gasteiger partial charge in [0, 0.05) is 44.3 Å². The van der Waals surface area contributed by atoms with E-state index in [-0.39, 0.29) is 0 Å². The normalized spacial score (nSPS) is 18.4. The number of piperazine rings is 1. The molecular weight excluding hydrogens is 264 g/mol. The van der Waals surface area contributed by atoms with Crippen LogP contribution in [0.4, 0.5) is 5.69 Å². The van der Waals surface area contributed by atoms with Gasteiger partial charge in [0.25, 0.3) is 0 Å². The lowest BCUT2D eigenvalue weighted by atomic mass is 10.2. The predicted octanol–water partition coefficient (Wildman–Crippen LogP) is 1.42. The van der Waals surface area contributed by atoms with Gasteiger partial charge in [0.1, 0.15) is 5.75 Å². The van der Waals surface area contributed by atoms with Gasteiger partial charge in [-0.3, -0.25) is 4.90 Å². The molecule has 0 aromatic heterocycles. The highest BCUT2D eigenvalue weighted by atomic mass is 35.5. The first-order chi connectivity index (χ1) is 9.22. The van der Waals surface area contributed by atoms with Crippen LogP contribution in [0.2, 0.25) is 0 Å². The van der Waals surface area contributed by atoms with Crippen LogP contribution in [-0.4, -0.2) is 61.8 Å². The van der Waals surface area contributed by atoms with Gasteiger partial charge in [0.15, 0.2) is 0 Å². The third-order valence-electron chi connectivity index (χ3n) is 3.46. The fourth-order valence-electron chi connectivity index (χ4n) is 2.33. The largest absolute Gasteiger partial charge is 0.497 e. The molecule has 0 aliphatic carbocycles. The van der Waals surface area contributed by atoms with Gasteiger partial charge in [-0.15, -0.1) is 11.6 Å². The van der Waals surface area contributed by atoms with Crippen LogP contribution in [0.15, 0.2) is 24.3 Å². The van der Waals surface area contributed by atoms with Crippen molar-refractivity contribution >= 4 is 17.3 Å². The van der Waals surface area contributed by atoms with Gasteiger partial charge in [0.05, 0.1) is 13.2 Å². The van der Waals surface area contributed by atoms with Crippen molar-refractivity contribution in [2.24, 2.45) is 0 Å². The van der Waals surface area contributed by atoms with Crippen molar-refractivity contribution < 1.29 is 9.84 Å². The molecular formula is C14H21ClN2O2. The average Bonchev–Trinajstić information content (AvgIpc) is 2.48. The van der Waals surface area contributed by atoms with E-state index in [0.717, 1.165) is 31.9 Å². The number of halogens is 1. The quantitative estimate of drug-likeness (QED) is 0.830. The van der Waals surface area contributed by atoms with Gasteiger partial charge in [0.2, 0.25) is 0 Å². The molecule has 1 aromatic carbocycles. The second kappa shape index (κ2) is 6.98. The second-order valence-electron chi connectivity index (χ2n) is 4.79. The molecule has 0 spiro atoms. The summed E-state index contributed by atoms with van der Waals surface area (Å²) >= 11 is 5.63. The zero-order chi connectivity index (χ0) is 13.7. The molecule has 1 atom stereocenters. The number of aliphatic hydroxyl groups excluding tert-OH is 1. The topological polar surface area (TPSA) is 35.9 Å². The third kappa shape index (κ3) is 4.00. The van der Waals surface area contributed by atoms with Crippen LogP contribution in [0.3, 0.4) is 0 Å². The van der Waals surface area contributed by atoms with E-state index in [1.807, 2.05) is 12.1 Å². The molecule has 1 fully saturated rings. The Morgan fingerprint density at radius 3 is 2.37 bits per heavy atom. The molecule has 1 aliphatic heterocycles. The molecule has 0 saturated carbocycles. The van der Waals surface area contributed by atoms with Gasteiger partial charge < -0.3 is 14.7 Å². The van der Waals surface area contributed by atoms with Crippen LogP contribution in [-0.2, 0) is 0 Å². The van der Waals surface area contributed by atoms with Crippen LogP contribution in [0.1, 0.15) is 0 Å². The first kappa shape index (κ1) is 14.4. The summed E-state index contributed by atoms with van der Waals surface area (Å²) in [6.45, 7) is 4.53. The Labute approximate surface area is 119 Å². The van der Waals surface area contributed by atoms with Crippen LogP contribution >= 0.6 is 11.6 Å². The Morgan fingerprint density at radius 1 is 1.21 bits per heavy atom. The van der Waals surface area contributed by atoms with Crippen LogP contribution in [0.5, 0.6) is 5.75 Å². The van der Waals surface area contributed by atoms with Crippen LogP contribution < -0.4 is 9.64 Å². The third-order valence-corrected chi connectivity index (χ3v) is 3.81. The molecule has 4 nitrogen and oxygen atoms in total. The van der Waals surface area contributed by atoms with Crippen molar-refractivity contribution in [2.45, 2.75) is 6.10 Å². The summed E-state index contributed by atoms with van der Waals surface area (Å²) in [5, 5.41) is 9.55. The summed E-state index contributed by atoms with van der Waals surface area (Å²) in [5.41, 5.74) is 1.22. The van der Waals surface area contributed by atoms with Crippen molar-refractivity contribution in [2.75, 3.05) is 50.6 Å². The Morgan fingerprint density at radius 2 is 1.84 bits per heavy atom. The fraction of sp³-hybridized carbons (Fsp3) is 0.571. The minimum atomic E-state index is -0.422. The molecule has 19 heavy (non-hydrogen) atoms. The Balaban J connectivity index is 1.85. The summed E-state index contributed by atoms with van der Waals surface area (Å²) in [7, 11) is 1.68. The summed E-state index contributed by atoms with van der Waals surface area (Å²) < 4.78 is 5.16. The predicted molar refractivity (Wildman–Crippen MR) is 78.4 cm³/mol. The molecule has 1 saturated heterocycles. The van der Waals surface area contributed by atoms with Gasteiger partial charge in [-0.1, -0.05) is 0 Å². The monoisotopic (exact) mass is 284 g/mol. The van der Waals surface area contributed by atoms with E-state index in [4.69, 9.17) is 16.3 Å². The zero-order valence-corrected chi connectivity index (χ0v) is 12.0. The van der Waals surface area contributed by atoms with Crippen molar-refractivity contribution in [3.05, 3.63) is 24.3 Å². The molecule has 0 amide bonds. The highest BCUT2D eigenvalue weighted by molar-refractivity contribution is 6.18. The van der Waals surface area contributed by atoms with Crippen molar-refractivity contribution in [3.8, 4) is 5.75 Å². The van der Waals surface area contributed by atoms with E-state index in [0.29, 0.717) is 12.4 Å². The van der Waals surface area contributed by atoms with E-state index < -0.39 is 6.10 Å². The lowest BCUT2D eigenvalue weighted by Crippen LogP contribution is -2.48. The number of alkyl halides is 1. The van der Waals surface area contributed by atoms with Crippen LogP contribution in [0, 0.1) is 0 Å². The molecule has 1 N–H and O–H groups in total. The minimum Gasteiger partial charge on any atom is -0.497 e. The Hall–Kier alpha value is -0.970. The molecule has 0 radical (unpaired) electrons. The Kier molecular flexibility index (Phi) is 5.31. The second-order valence-corrected chi connectivity index (χ2v) is 5.10. The number of hydrogen-bond donors (Lipinski definition) is 1. The standard InChI is InChI=1S/C14H21ClN2O2/c1-19-14-4-2-12(3-5-14)17-8-6-16(7-9-17)11-13(18)10-15/h2-5,13,18H,6-11H2,1H3/t13-/m1/s1. The number of hydrogen-bond acceptors (Lipinski definition) is 4. The SMILES string of the molecule is COc1ccc(N2CCN(C[C@H](O)CCl)CC2)cc1. The molecule has 0 unspecified atom stereocenters. The maximum atomic E-state index is 9.55. The molecule has 106 valence electrons. The molecule has 1 aromatic rings. The van der Waals surface area contributed by atoms with Crippen molar-refractivity contribution in [1.29, 1.82) is 0 Å². The minimum absolute atomic E-state index is 0.304. The highest BCUT2D eigenvalue weighted by Gasteiger charge is 2.19. The number of β-amino-alcohol motifs (C(OH)–C–C–N with tert-alkyl or cyclic N) is 1. The number of aliphatic hydroxyl groups is 1. The fourth-order valence-corrected chi connectivity index (χ4v) is 2.43. The molecule has 0 bridgehead atoms. The number of nitrogens with zero attached hydrogens (tertiary/aromatic N) is 2. The summed E-state index contributed by atoms with van der Waals surface area (Å²) in [4.78, 5) is 4.61. The van der Waals surface area contributed by atoms with E-state index in [9.17, 15) is 5.11 Å². The smallest absolute Gasteiger partial charge is 0.119 e. The van der Waals surface area contributed by atoms with E-state index in [1.165, 1.54) is 5.69 Å². The zero-order valence-electron chi connectivity index (χ0n) is 11.3. The molecule has 5 heteroatoms. The maximum Gasteiger partial charge on any atom is 0.119 e. The van der Waals surface area contributed by atoms with E-state index in [1.54, 1.807) is 7.11 Å². The van der Waals surface area contributed by atoms with Gasteiger partial charge in [-0.25, -0.2) is 0 Å². The van der Waals surface area contributed by atoms with E-state index in [2.05, 4.69) is 21.9 Å². The lowest BCUT2D eigenvalue weighted by molar-refractivity contribution is 0.125. The summed E-state index contributed by atoms with van der Waals surface area (Å²) in [5.74, 6) is 1.19. The van der Waals surface area contributed by atoms with E-state index >= 15 is 0 Å². The maximum absolute atomic E-state index is 9.55. The first-order valence-corrected chi connectivity index (χ1v) is 7.11. The summed E-state index contributed by atoms with van der Waals surface area (Å²) in [6, 6.07) is 8.14. The molecule has 1 heterocycles. The van der Waals surface area contributed by atoms with Gasteiger partial charge >= 0.3 is 0 Å². The van der Waals surface area contributed by atoms with Crippen molar-refractivity contribution in [3.63, 3.8) is 0 Å². The van der Waals surface area contributed by atoms with Gasteiger partial charge in [-0.05, 0) is 24.3 Å². The number of anilines is 1. The number of benzene rings is 1. The van der Waals surface area contributed by atoms with Crippen molar-refractivity contribution in [1.82, 2.24) is 4.90 Å². The number of methoxy groups -OCH3 is 1. The molecule has 1 aliphatic rings. The summed E-state index contributed by atoms with van der Waals surface area (Å²) in [6.07, 6.45) is -0.422. The molecule has 2 rings (SSSR count). The number of rotatable bonds is 5. The Bertz CT molecular complexity index is 378. The lowest BCUT2D eigenvalue weighted by Gasteiger charge is -2.36. The van der Waals surface area contributed by atoms with Gasteiger partial charge in [-0.2, -0.15) is 0 Å². The first-order valence-electron chi connectivity index (χ1n) is 6.58. The average molecular weight is 285 g/mol.